The van der Waals surface area contributed by atoms with Crippen molar-refractivity contribution >= 4 is 35.1 Å². The van der Waals surface area contributed by atoms with E-state index >= 15 is 0 Å². The molecule has 0 aliphatic rings. The molecule has 0 bridgehead atoms. The average molecular weight is 374 g/mol. The second kappa shape index (κ2) is 7.50. The van der Waals surface area contributed by atoms with Crippen molar-refractivity contribution in [2.75, 3.05) is 0 Å². The van der Waals surface area contributed by atoms with Crippen LogP contribution in [0.4, 0.5) is 0 Å². The van der Waals surface area contributed by atoms with Crippen LogP contribution >= 0.6 is 23.2 Å². The lowest BCUT2D eigenvalue weighted by Gasteiger charge is -2.08. The Balaban J connectivity index is 2.23. The summed E-state index contributed by atoms with van der Waals surface area (Å²) in [6.07, 6.45) is 0. The Morgan fingerprint density at radius 1 is 1.29 bits per heavy atom. The number of hydrogen-bond donors (Lipinski definition) is 1. The van der Waals surface area contributed by atoms with E-state index in [9.17, 15) is 14.7 Å². The maximum Gasteiger partial charge on any atom is 0.360 e. The van der Waals surface area contributed by atoms with Crippen molar-refractivity contribution in [1.82, 2.24) is 15.0 Å². The van der Waals surface area contributed by atoms with Crippen molar-refractivity contribution in [2.24, 2.45) is 5.92 Å². The van der Waals surface area contributed by atoms with E-state index in [4.69, 9.17) is 32.7 Å². The van der Waals surface area contributed by atoms with Crippen LogP contribution in [0.25, 0.3) is 0 Å². The Labute approximate surface area is 146 Å². The van der Waals surface area contributed by atoms with Crippen LogP contribution in [0.5, 0.6) is 11.6 Å². The zero-order valence-corrected chi connectivity index (χ0v) is 14.2. The number of hydrogen-bond acceptors (Lipinski definition) is 6. The first-order valence-corrected chi connectivity index (χ1v) is 7.51. The maximum absolute atomic E-state index is 11.5. The summed E-state index contributed by atoms with van der Waals surface area (Å²) in [4.78, 5) is 22.9. The Bertz CT molecular complexity index is 776. The summed E-state index contributed by atoms with van der Waals surface area (Å²) < 4.78 is 11.2. The number of benzene rings is 1. The molecule has 0 fully saturated rings. The van der Waals surface area contributed by atoms with Gasteiger partial charge in [-0.1, -0.05) is 47.4 Å². The minimum atomic E-state index is -1.34. The van der Waals surface area contributed by atoms with Gasteiger partial charge in [0, 0.05) is 6.07 Å². The molecule has 0 aliphatic carbocycles. The number of carbonyl (C=O) groups excluding carboxylic acids is 1. The molecular weight excluding hydrogens is 361 g/mol. The normalized spacial score (nSPS) is 10.7. The average Bonchev–Trinajstić information content (AvgIpc) is 2.91. The first kappa shape index (κ1) is 18.0. The molecule has 1 aromatic heterocycles. The minimum absolute atomic E-state index is 0.234. The van der Waals surface area contributed by atoms with Crippen molar-refractivity contribution in [3.05, 3.63) is 33.9 Å². The molecule has 0 atom stereocenters. The van der Waals surface area contributed by atoms with Crippen LogP contribution in [0.15, 0.2) is 18.2 Å². The van der Waals surface area contributed by atoms with E-state index in [0.29, 0.717) is 5.02 Å². The Hall–Kier alpha value is -2.32. The molecule has 0 unspecified atom stereocenters. The van der Waals surface area contributed by atoms with Gasteiger partial charge in [0.1, 0.15) is 5.75 Å². The van der Waals surface area contributed by atoms with Gasteiger partial charge in [0.25, 0.3) is 5.88 Å². The van der Waals surface area contributed by atoms with E-state index < -0.39 is 18.7 Å². The van der Waals surface area contributed by atoms with Gasteiger partial charge in [-0.15, -0.1) is 0 Å². The zero-order valence-electron chi connectivity index (χ0n) is 12.7. The van der Waals surface area contributed by atoms with E-state index in [-0.39, 0.29) is 28.3 Å². The third kappa shape index (κ3) is 4.15. The predicted octanol–water partition coefficient (Wildman–Crippen LogP) is 3.23. The van der Waals surface area contributed by atoms with Gasteiger partial charge in [0.05, 0.1) is 16.0 Å². The molecule has 24 heavy (non-hydrogen) atoms. The molecule has 8 nitrogen and oxygen atoms in total. The number of aromatic nitrogens is 3. The number of rotatable bonds is 6. The lowest BCUT2D eigenvalue weighted by atomic mass is 10.2. The predicted molar refractivity (Wildman–Crippen MR) is 84.4 cm³/mol. The summed E-state index contributed by atoms with van der Waals surface area (Å²) in [5, 5.41) is 17.2. The maximum atomic E-state index is 11.5. The standard InChI is InChI=1S/C14H13Cl2N3O5/c1-7(2)14(22)23-6-19-11(13(20)21)12(17-18-19)24-8-3-4-9(15)10(16)5-8/h3-5,7H,6H2,1-2H3,(H,20,21). The van der Waals surface area contributed by atoms with E-state index in [1.165, 1.54) is 18.2 Å². The quantitative estimate of drug-likeness (QED) is 0.774. The molecule has 0 aliphatic heterocycles. The fourth-order valence-corrected chi connectivity index (χ4v) is 1.89. The van der Waals surface area contributed by atoms with Crippen molar-refractivity contribution in [3.8, 4) is 11.6 Å². The van der Waals surface area contributed by atoms with Gasteiger partial charge in [-0.3, -0.25) is 4.79 Å². The van der Waals surface area contributed by atoms with E-state index in [2.05, 4.69) is 10.3 Å². The molecular formula is C14H13Cl2N3O5. The molecule has 0 spiro atoms. The van der Waals surface area contributed by atoms with E-state index in [0.717, 1.165) is 4.68 Å². The number of carboxylic acid groups (broad SMARTS) is 1. The lowest BCUT2D eigenvalue weighted by molar-refractivity contribution is -0.151. The molecule has 10 heteroatoms. The van der Waals surface area contributed by atoms with Gasteiger partial charge in [-0.2, -0.15) is 4.68 Å². The van der Waals surface area contributed by atoms with E-state index in [1.54, 1.807) is 13.8 Å². The van der Waals surface area contributed by atoms with Crippen LogP contribution in [0, 0.1) is 5.92 Å². The van der Waals surface area contributed by atoms with Gasteiger partial charge in [0.2, 0.25) is 5.69 Å². The first-order valence-electron chi connectivity index (χ1n) is 6.76. The van der Waals surface area contributed by atoms with Crippen molar-refractivity contribution in [2.45, 2.75) is 20.6 Å². The highest BCUT2D eigenvalue weighted by Crippen LogP contribution is 2.30. The molecule has 128 valence electrons. The monoisotopic (exact) mass is 373 g/mol. The highest BCUT2D eigenvalue weighted by atomic mass is 35.5. The van der Waals surface area contributed by atoms with Gasteiger partial charge in [-0.05, 0) is 12.1 Å². The van der Waals surface area contributed by atoms with Gasteiger partial charge in [-0.25, -0.2) is 4.79 Å². The van der Waals surface area contributed by atoms with Crippen LogP contribution in [0.1, 0.15) is 24.3 Å². The lowest BCUT2D eigenvalue weighted by Crippen LogP contribution is -2.18. The number of esters is 1. The second-order valence-electron chi connectivity index (χ2n) is 4.97. The number of carbonyl (C=O) groups is 2. The summed E-state index contributed by atoms with van der Waals surface area (Å²) in [7, 11) is 0. The molecule has 1 N–H and O–H groups in total. The molecule has 0 saturated heterocycles. The number of halogens is 2. The number of aromatic carboxylic acids is 1. The van der Waals surface area contributed by atoms with Crippen molar-refractivity contribution < 1.29 is 24.2 Å². The van der Waals surface area contributed by atoms with Crippen LogP contribution in [-0.2, 0) is 16.3 Å². The minimum Gasteiger partial charge on any atom is -0.476 e. The Morgan fingerprint density at radius 2 is 2.00 bits per heavy atom. The Kier molecular flexibility index (Phi) is 5.63. The van der Waals surface area contributed by atoms with Crippen molar-refractivity contribution in [3.63, 3.8) is 0 Å². The fourth-order valence-electron chi connectivity index (χ4n) is 1.60. The van der Waals surface area contributed by atoms with Crippen molar-refractivity contribution in [1.29, 1.82) is 0 Å². The second-order valence-corrected chi connectivity index (χ2v) is 5.79. The summed E-state index contributed by atoms with van der Waals surface area (Å²) in [5.74, 6) is -2.21. The SMILES string of the molecule is CC(C)C(=O)OCn1nnc(Oc2ccc(Cl)c(Cl)c2)c1C(=O)O. The Morgan fingerprint density at radius 3 is 2.58 bits per heavy atom. The largest absolute Gasteiger partial charge is 0.476 e. The fraction of sp³-hybridized carbons (Fsp3) is 0.286. The molecule has 1 aromatic carbocycles. The molecule has 2 aromatic rings. The molecule has 0 radical (unpaired) electrons. The molecule has 1 heterocycles. The first-order chi connectivity index (χ1) is 11.3. The van der Waals surface area contributed by atoms with Gasteiger partial charge < -0.3 is 14.6 Å². The summed E-state index contributed by atoms with van der Waals surface area (Å²) in [6.45, 7) is 2.91. The molecule has 0 amide bonds. The van der Waals surface area contributed by atoms with Crippen LogP contribution in [-0.4, -0.2) is 32.0 Å². The molecule has 2 rings (SSSR count). The molecule has 0 saturated carbocycles. The number of nitrogens with zero attached hydrogens (tertiary/aromatic N) is 3. The van der Waals surface area contributed by atoms with Crippen LogP contribution in [0.2, 0.25) is 10.0 Å². The third-order valence-electron chi connectivity index (χ3n) is 2.81. The topological polar surface area (TPSA) is 104 Å². The summed E-state index contributed by atoms with van der Waals surface area (Å²) >= 11 is 11.7. The van der Waals surface area contributed by atoms with E-state index in [1.807, 2.05) is 0 Å². The van der Waals surface area contributed by atoms with Crippen LogP contribution < -0.4 is 4.74 Å². The summed E-state index contributed by atoms with van der Waals surface area (Å²) in [6, 6.07) is 4.40. The highest BCUT2D eigenvalue weighted by molar-refractivity contribution is 6.42. The van der Waals surface area contributed by atoms with Crippen LogP contribution in [0.3, 0.4) is 0 Å². The smallest absolute Gasteiger partial charge is 0.360 e. The number of ether oxygens (including phenoxy) is 2. The van der Waals surface area contributed by atoms with Gasteiger partial charge >= 0.3 is 11.9 Å². The number of carboxylic acids is 1. The van der Waals surface area contributed by atoms with Gasteiger partial charge in [0.15, 0.2) is 6.73 Å². The summed E-state index contributed by atoms with van der Waals surface area (Å²) in [5.41, 5.74) is -0.363. The third-order valence-corrected chi connectivity index (χ3v) is 3.55. The zero-order chi connectivity index (χ0) is 17.9. The highest BCUT2D eigenvalue weighted by Gasteiger charge is 2.23.